The van der Waals surface area contributed by atoms with E-state index in [1.54, 1.807) is 0 Å². The van der Waals surface area contributed by atoms with E-state index in [0.717, 1.165) is 0 Å². The fraction of sp³-hybridized carbons (Fsp3) is 0.375. The summed E-state index contributed by atoms with van der Waals surface area (Å²) in [5, 5.41) is 0. The highest BCUT2D eigenvalue weighted by Crippen LogP contribution is 2.27. The van der Waals surface area contributed by atoms with Crippen molar-refractivity contribution in [3.8, 4) is 5.75 Å². The van der Waals surface area contributed by atoms with Gasteiger partial charge in [-0.15, -0.1) is 11.6 Å². The van der Waals surface area contributed by atoms with Crippen molar-refractivity contribution in [2.75, 3.05) is 7.11 Å². The van der Waals surface area contributed by atoms with Crippen molar-refractivity contribution in [2.24, 2.45) is 0 Å². The van der Waals surface area contributed by atoms with Gasteiger partial charge in [0.15, 0.2) is 0 Å². The average Bonchev–Trinajstić information content (AvgIpc) is 2.16. The van der Waals surface area contributed by atoms with Crippen LogP contribution in [0, 0.1) is 0 Å². The molecule has 1 aromatic heterocycles. The molecule has 0 aliphatic heterocycles. The van der Waals surface area contributed by atoms with Crippen molar-refractivity contribution in [2.45, 2.75) is 12.3 Å². The Balaban J connectivity index is 3.43. The smallest absolute Gasteiger partial charge is 0.269 e. The molecule has 0 atom stereocenters. The average molecular weight is 224 g/mol. The van der Waals surface area contributed by atoms with Gasteiger partial charge in [0.25, 0.3) is 12.0 Å². The maximum atomic E-state index is 12.5. The zero-order valence-corrected chi connectivity index (χ0v) is 8.07. The molecule has 6 heteroatoms. The van der Waals surface area contributed by atoms with Crippen LogP contribution in [0.15, 0.2) is 11.0 Å². The van der Waals surface area contributed by atoms with E-state index in [4.69, 9.17) is 16.3 Å². The number of aromatic nitrogens is 1. The molecule has 0 radical (unpaired) electrons. The van der Waals surface area contributed by atoms with Gasteiger partial charge in [-0.2, -0.15) is 0 Å². The third-order valence-electron chi connectivity index (χ3n) is 1.77. The molecule has 1 N–H and O–H groups in total. The van der Waals surface area contributed by atoms with E-state index in [1.165, 1.54) is 13.3 Å². The Bertz CT molecular complexity index is 378. The lowest BCUT2D eigenvalue weighted by Crippen LogP contribution is -2.16. The van der Waals surface area contributed by atoms with Gasteiger partial charge in [0.05, 0.1) is 18.6 Å². The number of rotatable bonds is 3. The predicted molar refractivity (Wildman–Crippen MR) is 48.1 cm³/mol. The molecule has 0 saturated heterocycles. The normalized spacial score (nSPS) is 10.6. The highest BCUT2D eigenvalue weighted by molar-refractivity contribution is 6.17. The lowest BCUT2D eigenvalue weighted by atomic mass is 10.1. The quantitative estimate of drug-likeness (QED) is 0.797. The molecule has 78 valence electrons. The first-order chi connectivity index (χ1) is 6.61. The number of methoxy groups -OCH3 is 1. The highest BCUT2D eigenvalue weighted by Gasteiger charge is 2.20. The number of pyridine rings is 1. The molecule has 14 heavy (non-hydrogen) atoms. The molecule has 1 aromatic rings. The maximum Gasteiger partial charge on any atom is 0.269 e. The minimum atomic E-state index is -2.86. The van der Waals surface area contributed by atoms with Crippen LogP contribution in [0.3, 0.4) is 0 Å². The fourth-order valence-electron chi connectivity index (χ4n) is 1.12. The van der Waals surface area contributed by atoms with E-state index in [9.17, 15) is 13.6 Å². The molecule has 0 bridgehead atoms. The maximum absolute atomic E-state index is 12.5. The van der Waals surface area contributed by atoms with Gasteiger partial charge >= 0.3 is 0 Å². The first kappa shape index (κ1) is 11.0. The van der Waals surface area contributed by atoms with Crippen molar-refractivity contribution in [1.82, 2.24) is 4.98 Å². The van der Waals surface area contributed by atoms with Crippen molar-refractivity contribution >= 4 is 11.6 Å². The Morgan fingerprint density at radius 2 is 2.29 bits per heavy atom. The summed E-state index contributed by atoms with van der Waals surface area (Å²) < 4.78 is 29.7. The van der Waals surface area contributed by atoms with Crippen LogP contribution in [-0.2, 0) is 5.88 Å². The number of hydrogen-bond donors (Lipinski definition) is 1. The number of ether oxygens (including phenoxy) is 1. The number of hydrogen-bond acceptors (Lipinski definition) is 2. The third-order valence-corrected chi connectivity index (χ3v) is 2.04. The van der Waals surface area contributed by atoms with Crippen LogP contribution in [0.25, 0.3) is 0 Å². The van der Waals surface area contributed by atoms with Gasteiger partial charge in [0.2, 0.25) is 0 Å². The van der Waals surface area contributed by atoms with E-state index in [0.29, 0.717) is 0 Å². The first-order valence-electron chi connectivity index (χ1n) is 3.74. The molecule has 3 nitrogen and oxygen atoms in total. The Kier molecular flexibility index (Phi) is 3.46. The second kappa shape index (κ2) is 4.41. The molecule has 0 saturated carbocycles. The molecule has 0 fully saturated rings. The lowest BCUT2D eigenvalue weighted by molar-refractivity contribution is 0.148. The van der Waals surface area contributed by atoms with Crippen LogP contribution in [0.2, 0.25) is 0 Å². The summed E-state index contributed by atoms with van der Waals surface area (Å²) in [6.45, 7) is 0. The predicted octanol–water partition coefficient (Wildman–Crippen LogP) is 2.06. The van der Waals surface area contributed by atoms with Gasteiger partial charge in [-0.1, -0.05) is 0 Å². The summed E-state index contributed by atoms with van der Waals surface area (Å²) in [5.41, 5.74) is -1.43. The first-order valence-corrected chi connectivity index (χ1v) is 4.27. The molecule has 0 unspecified atom stereocenters. The Morgan fingerprint density at radius 3 is 2.71 bits per heavy atom. The molecule has 0 amide bonds. The Hall–Kier alpha value is -1.10. The van der Waals surface area contributed by atoms with Gasteiger partial charge in [-0.05, 0) is 0 Å². The van der Waals surface area contributed by atoms with Crippen molar-refractivity contribution in [3.05, 3.63) is 27.7 Å². The van der Waals surface area contributed by atoms with Crippen molar-refractivity contribution in [3.63, 3.8) is 0 Å². The van der Waals surface area contributed by atoms with E-state index in [1.807, 2.05) is 0 Å². The zero-order valence-electron chi connectivity index (χ0n) is 7.31. The molecule has 1 heterocycles. The topological polar surface area (TPSA) is 42.1 Å². The minimum Gasteiger partial charge on any atom is -0.495 e. The van der Waals surface area contributed by atoms with E-state index < -0.39 is 17.5 Å². The van der Waals surface area contributed by atoms with Crippen molar-refractivity contribution in [1.29, 1.82) is 0 Å². The summed E-state index contributed by atoms with van der Waals surface area (Å²) in [4.78, 5) is 13.2. The number of alkyl halides is 3. The zero-order chi connectivity index (χ0) is 10.7. The van der Waals surface area contributed by atoms with Gasteiger partial charge in [0, 0.05) is 11.8 Å². The second-order valence-electron chi connectivity index (χ2n) is 2.51. The van der Waals surface area contributed by atoms with Crippen LogP contribution in [0.1, 0.15) is 17.6 Å². The van der Waals surface area contributed by atoms with E-state index in [-0.39, 0.29) is 17.2 Å². The van der Waals surface area contributed by atoms with Crippen LogP contribution in [0.5, 0.6) is 5.75 Å². The number of halogens is 3. The molecule has 1 rings (SSSR count). The van der Waals surface area contributed by atoms with E-state index >= 15 is 0 Å². The van der Waals surface area contributed by atoms with Gasteiger partial charge < -0.3 is 9.72 Å². The summed E-state index contributed by atoms with van der Waals surface area (Å²) in [7, 11) is 1.32. The Labute approximate surface area is 83.7 Å². The summed E-state index contributed by atoms with van der Waals surface area (Å²) in [5.74, 6) is -0.0258. The van der Waals surface area contributed by atoms with Crippen LogP contribution in [0.4, 0.5) is 8.78 Å². The summed E-state index contributed by atoms with van der Waals surface area (Å²) in [6, 6.07) is 0. The molecule has 0 aromatic carbocycles. The SMILES string of the molecule is COc1c[nH]c(=O)c(C(F)F)c1CCl. The molecule has 0 aliphatic rings. The number of H-pyrrole nitrogens is 1. The largest absolute Gasteiger partial charge is 0.495 e. The van der Waals surface area contributed by atoms with E-state index in [2.05, 4.69) is 4.98 Å². The lowest BCUT2D eigenvalue weighted by Gasteiger charge is -2.09. The minimum absolute atomic E-state index is 0.0351. The standard InChI is InChI=1S/C8H8ClF2NO2/c1-14-5-3-12-8(13)6(7(10)11)4(5)2-9/h3,7H,2H2,1H3,(H,12,13). The van der Waals surface area contributed by atoms with Crippen molar-refractivity contribution < 1.29 is 13.5 Å². The molecule has 0 spiro atoms. The van der Waals surface area contributed by atoms with Gasteiger partial charge in [-0.25, -0.2) is 8.78 Å². The summed E-state index contributed by atoms with van der Waals surface area (Å²) in [6.07, 6.45) is -1.64. The van der Waals surface area contributed by atoms with Crippen LogP contribution in [-0.4, -0.2) is 12.1 Å². The second-order valence-corrected chi connectivity index (χ2v) is 2.78. The van der Waals surface area contributed by atoms with Gasteiger partial charge in [0.1, 0.15) is 5.75 Å². The highest BCUT2D eigenvalue weighted by atomic mass is 35.5. The number of aromatic amines is 1. The molecule has 0 aliphatic carbocycles. The monoisotopic (exact) mass is 223 g/mol. The fourth-order valence-corrected chi connectivity index (χ4v) is 1.39. The molecular formula is C8H8ClF2NO2. The third kappa shape index (κ3) is 1.87. The number of nitrogens with one attached hydrogen (secondary N) is 1. The summed E-state index contributed by atoms with van der Waals surface area (Å²) >= 11 is 5.47. The Morgan fingerprint density at radius 1 is 1.64 bits per heavy atom. The molecular weight excluding hydrogens is 216 g/mol. The van der Waals surface area contributed by atoms with Crippen LogP contribution < -0.4 is 10.3 Å². The van der Waals surface area contributed by atoms with Crippen LogP contribution >= 0.6 is 11.6 Å². The van der Waals surface area contributed by atoms with Gasteiger partial charge in [-0.3, -0.25) is 4.79 Å².